The van der Waals surface area contributed by atoms with E-state index in [4.69, 9.17) is 0 Å². The first-order chi connectivity index (χ1) is 9.24. The van der Waals surface area contributed by atoms with Crippen molar-refractivity contribution in [2.75, 3.05) is 7.05 Å². The minimum atomic E-state index is -0.0763. The molecule has 0 spiro atoms. The van der Waals surface area contributed by atoms with Crippen molar-refractivity contribution >= 4 is 16.8 Å². The highest BCUT2D eigenvalue weighted by Crippen LogP contribution is 2.16. The molecule has 0 saturated carbocycles. The SMILES string of the molecule is CN(Cc1ncn[nH]1)C(=O)c1cc2ccccc2[nH]1. The Morgan fingerprint density at radius 1 is 1.37 bits per heavy atom. The maximum absolute atomic E-state index is 12.3. The van der Waals surface area contributed by atoms with E-state index in [0.717, 1.165) is 10.9 Å². The minimum absolute atomic E-state index is 0.0763. The number of benzene rings is 1. The fourth-order valence-electron chi connectivity index (χ4n) is 2.00. The van der Waals surface area contributed by atoms with E-state index in [1.165, 1.54) is 6.33 Å². The Labute approximate surface area is 109 Å². The Morgan fingerprint density at radius 3 is 2.95 bits per heavy atom. The number of amides is 1. The number of aromatic nitrogens is 4. The maximum Gasteiger partial charge on any atom is 0.270 e. The summed E-state index contributed by atoms with van der Waals surface area (Å²) in [4.78, 5) is 21.0. The van der Waals surface area contributed by atoms with Crippen molar-refractivity contribution in [3.63, 3.8) is 0 Å². The Balaban J connectivity index is 1.82. The minimum Gasteiger partial charge on any atom is -0.351 e. The van der Waals surface area contributed by atoms with Crippen LogP contribution in [0.3, 0.4) is 0 Å². The summed E-state index contributed by atoms with van der Waals surface area (Å²) in [5.74, 6) is 0.583. The fraction of sp³-hybridized carbons (Fsp3) is 0.154. The molecule has 1 amide bonds. The smallest absolute Gasteiger partial charge is 0.270 e. The summed E-state index contributed by atoms with van der Waals surface area (Å²) in [6.07, 6.45) is 1.43. The van der Waals surface area contributed by atoms with Crippen molar-refractivity contribution in [2.24, 2.45) is 0 Å². The van der Waals surface area contributed by atoms with Crippen LogP contribution < -0.4 is 0 Å². The standard InChI is InChI=1S/C13H13N5O/c1-18(7-12-14-8-15-17-12)13(19)11-6-9-4-2-3-5-10(9)16-11/h2-6,8,16H,7H2,1H3,(H,14,15,17). The molecule has 3 rings (SSSR count). The first-order valence-electron chi connectivity index (χ1n) is 5.91. The molecule has 2 N–H and O–H groups in total. The van der Waals surface area contributed by atoms with Crippen molar-refractivity contribution in [3.8, 4) is 0 Å². The molecule has 19 heavy (non-hydrogen) atoms. The predicted octanol–water partition coefficient (Wildman–Crippen LogP) is 1.56. The van der Waals surface area contributed by atoms with Crippen LogP contribution >= 0.6 is 0 Å². The van der Waals surface area contributed by atoms with Gasteiger partial charge in [0, 0.05) is 18.0 Å². The van der Waals surface area contributed by atoms with E-state index in [0.29, 0.717) is 18.1 Å². The van der Waals surface area contributed by atoms with Crippen LogP contribution in [0.1, 0.15) is 16.3 Å². The molecule has 2 heterocycles. The van der Waals surface area contributed by atoms with Crippen molar-refractivity contribution in [1.29, 1.82) is 0 Å². The van der Waals surface area contributed by atoms with Crippen molar-refractivity contribution in [2.45, 2.75) is 6.54 Å². The lowest BCUT2D eigenvalue weighted by molar-refractivity contribution is 0.0777. The molecule has 0 aliphatic heterocycles. The second-order valence-corrected chi connectivity index (χ2v) is 4.36. The van der Waals surface area contributed by atoms with Crippen LogP contribution in [0.2, 0.25) is 0 Å². The summed E-state index contributed by atoms with van der Waals surface area (Å²) in [6, 6.07) is 9.66. The molecule has 0 aliphatic carbocycles. The first kappa shape index (κ1) is 11.5. The summed E-state index contributed by atoms with van der Waals surface area (Å²) in [7, 11) is 1.73. The van der Waals surface area contributed by atoms with Crippen LogP contribution in [0.5, 0.6) is 0 Å². The number of para-hydroxylation sites is 1. The monoisotopic (exact) mass is 255 g/mol. The second kappa shape index (κ2) is 4.56. The van der Waals surface area contributed by atoms with Crippen LogP contribution in [0.15, 0.2) is 36.7 Å². The number of aromatic amines is 2. The van der Waals surface area contributed by atoms with E-state index >= 15 is 0 Å². The van der Waals surface area contributed by atoms with Gasteiger partial charge in [0.1, 0.15) is 17.8 Å². The summed E-state index contributed by atoms with van der Waals surface area (Å²) >= 11 is 0. The Kier molecular flexibility index (Phi) is 2.75. The molecule has 1 aromatic carbocycles. The molecule has 96 valence electrons. The summed E-state index contributed by atoms with van der Waals surface area (Å²) in [5, 5.41) is 7.52. The average molecular weight is 255 g/mol. The Hall–Kier alpha value is -2.63. The van der Waals surface area contributed by atoms with Gasteiger partial charge in [0.2, 0.25) is 0 Å². The number of nitrogens with one attached hydrogen (secondary N) is 2. The highest BCUT2D eigenvalue weighted by Gasteiger charge is 2.15. The molecule has 6 nitrogen and oxygen atoms in total. The van der Waals surface area contributed by atoms with E-state index in [9.17, 15) is 4.79 Å². The lowest BCUT2D eigenvalue weighted by Gasteiger charge is -2.14. The summed E-state index contributed by atoms with van der Waals surface area (Å²) < 4.78 is 0. The van der Waals surface area contributed by atoms with Gasteiger partial charge in [0.15, 0.2) is 0 Å². The number of carbonyl (C=O) groups excluding carboxylic acids is 1. The van der Waals surface area contributed by atoms with Gasteiger partial charge in [-0.3, -0.25) is 9.89 Å². The van der Waals surface area contributed by atoms with Crippen molar-refractivity contribution < 1.29 is 4.79 Å². The number of hydrogen-bond donors (Lipinski definition) is 2. The molecule has 0 radical (unpaired) electrons. The number of nitrogens with zero attached hydrogens (tertiary/aromatic N) is 3. The van der Waals surface area contributed by atoms with Gasteiger partial charge in [0.05, 0.1) is 6.54 Å². The third-order valence-corrected chi connectivity index (χ3v) is 2.96. The van der Waals surface area contributed by atoms with Crippen LogP contribution in [0, 0.1) is 0 Å². The van der Waals surface area contributed by atoms with Gasteiger partial charge in [-0.2, -0.15) is 5.10 Å². The van der Waals surface area contributed by atoms with Crippen molar-refractivity contribution in [3.05, 3.63) is 48.2 Å². The number of carbonyl (C=O) groups is 1. The molecule has 0 aliphatic rings. The maximum atomic E-state index is 12.3. The first-order valence-corrected chi connectivity index (χ1v) is 5.91. The van der Waals surface area contributed by atoms with E-state index in [-0.39, 0.29) is 5.91 Å². The van der Waals surface area contributed by atoms with E-state index in [2.05, 4.69) is 20.2 Å². The Morgan fingerprint density at radius 2 is 2.21 bits per heavy atom. The molecule has 0 unspecified atom stereocenters. The second-order valence-electron chi connectivity index (χ2n) is 4.36. The largest absolute Gasteiger partial charge is 0.351 e. The quantitative estimate of drug-likeness (QED) is 0.745. The molecule has 6 heteroatoms. The van der Waals surface area contributed by atoms with Gasteiger partial charge >= 0.3 is 0 Å². The molecular formula is C13H13N5O. The topological polar surface area (TPSA) is 77.7 Å². The number of hydrogen-bond acceptors (Lipinski definition) is 3. The average Bonchev–Trinajstić information content (AvgIpc) is 3.05. The van der Waals surface area contributed by atoms with Gasteiger partial charge in [-0.05, 0) is 12.1 Å². The van der Waals surface area contributed by atoms with Crippen LogP contribution in [0.4, 0.5) is 0 Å². The zero-order valence-electron chi connectivity index (χ0n) is 10.4. The van der Waals surface area contributed by atoms with Crippen LogP contribution in [-0.4, -0.2) is 38.0 Å². The zero-order valence-corrected chi connectivity index (χ0v) is 10.4. The van der Waals surface area contributed by atoms with E-state index in [1.54, 1.807) is 11.9 Å². The molecule has 0 bridgehead atoms. The summed E-state index contributed by atoms with van der Waals surface area (Å²) in [6.45, 7) is 0.397. The molecule has 3 aromatic rings. The van der Waals surface area contributed by atoms with Gasteiger partial charge in [0.25, 0.3) is 5.91 Å². The highest BCUT2D eigenvalue weighted by atomic mass is 16.2. The van der Waals surface area contributed by atoms with Crippen LogP contribution in [0.25, 0.3) is 10.9 Å². The van der Waals surface area contributed by atoms with E-state index in [1.807, 2.05) is 30.3 Å². The van der Waals surface area contributed by atoms with Gasteiger partial charge in [-0.15, -0.1) is 0 Å². The molecule has 0 atom stereocenters. The van der Waals surface area contributed by atoms with Crippen molar-refractivity contribution in [1.82, 2.24) is 25.1 Å². The van der Waals surface area contributed by atoms with Gasteiger partial charge in [-0.25, -0.2) is 4.98 Å². The summed E-state index contributed by atoms with van der Waals surface area (Å²) in [5.41, 5.74) is 1.53. The third-order valence-electron chi connectivity index (χ3n) is 2.96. The third kappa shape index (κ3) is 2.20. The molecule has 0 fully saturated rings. The number of fused-ring (bicyclic) bond motifs is 1. The number of H-pyrrole nitrogens is 2. The zero-order chi connectivity index (χ0) is 13.2. The highest BCUT2D eigenvalue weighted by molar-refractivity contribution is 5.97. The normalized spacial score (nSPS) is 10.8. The number of rotatable bonds is 3. The fourth-order valence-corrected chi connectivity index (χ4v) is 2.00. The molecular weight excluding hydrogens is 242 g/mol. The predicted molar refractivity (Wildman–Crippen MR) is 70.5 cm³/mol. The van der Waals surface area contributed by atoms with Crippen LogP contribution in [-0.2, 0) is 6.54 Å². The molecule has 2 aromatic heterocycles. The van der Waals surface area contributed by atoms with Gasteiger partial charge < -0.3 is 9.88 Å². The van der Waals surface area contributed by atoms with E-state index < -0.39 is 0 Å². The lowest BCUT2D eigenvalue weighted by Crippen LogP contribution is -2.27. The molecule has 0 saturated heterocycles. The Bertz CT molecular complexity index is 668. The lowest BCUT2D eigenvalue weighted by atomic mass is 10.2. The van der Waals surface area contributed by atoms with Gasteiger partial charge in [-0.1, -0.05) is 18.2 Å².